The molecule has 0 aromatic carbocycles. The van der Waals surface area contributed by atoms with Gasteiger partial charge in [0.2, 0.25) is 0 Å². The van der Waals surface area contributed by atoms with Gasteiger partial charge in [-0.1, -0.05) is 6.58 Å². The van der Waals surface area contributed by atoms with Crippen LogP contribution in [0.1, 0.15) is 6.92 Å². The van der Waals surface area contributed by atoms with E-state index in [0.29, 0.717) is 0 Å². The molecule has 1 N–H and O–H groups in total. The van der Waals surface area contributed by atoms with Gasteiger partial charge in [0.1, 0.15) is 6.61 Å². The van der Waals surface area contributed by atoms with Crippen LogP contribution in [0.2, 0.25) is 0 Å². The van der Waals surface area contributed by atoms with Crippen molar-refractivity contribution in [1.82, 2.24) is 4.72 Å². The zero-order chi connectivity index (χ0) is 11.2. The van der Waals surface area contributed by atoms with Crippen LogP contribution in [0.3, 0.4) is 0 Å². The summed E-state index contributed by atoms with van der Waals surface area (Å²) >= 11 is -0.370. The summed E-state index contributed by atoms with van der Waals surface area (Å²) in [6.07, 6.45) is 0. The molecule has 0 saturated heterocycles. The molecule has 0 heterocycles. The molecule has 0 aliphatic rings. The van der Waals surface area contributed by atoms with Crippen LogP contribution in [0.4, 0.5) is 13.2 Å². The van der Waals surface area contributed by atoms with E-state index >= 15 is 0 Å². The Morgan fingerprint density at radius 1 is 1.57 bits per heavy atom. The number of hydrogen-bond acceptors (Lipinski definition) is 4. The van der Waals surface area contributed by atoms with E-state index < -0.39 is 11.5 Å². The van der Waals surface area contributed by atoms with E-state index in [0.717, 1.165) is 0 Å². The van der Waals surface area contributed by atoms with Gasteiger partial charge in [-0.3, -0.25) is 4.72 Å². The molecule has 0 atom stereocenters. The van der Waals surface area contributed by atoms with Gasteiger partial charge >= 0.3 is 11.5 Å². The van der Waals surface area contributed by atoms with Crippen LogP contribution in [0.15, 0.2) is 12.2 Å². The first-order chi connectivity index (χ1) is 6.33. The van der Waals surface area contributed by atoms with E-state index in [4.69, 9.17) is 0 Å². The van der Waals surface area contributed by atoms with Gasteiger partial charge in [-0.2, -0.15) is 13.2 Å². The highest BCUT2D eigenvalue weighted by atomic mass is 32.2. The molecule has 82 valence electrons. The van der Waals surface area contributed by atoms with E-state index in [-0.39, 0.29) is 30.7 Å². The third kappa shape index (κ3) is 7.93. The van der Waals surface area contributed by atoms with Crippen LogP contribution in [0.25, 0.3) is 0 Å². The molecule has 3 nitrogen and oxygen atoms in total. The average Bonchev–Trinajstić information content (AvgIpc) is 2.01. The lowest BCUT2D eigenvalue weighted by atomic mass is 10.4. The molecule has 14 heavy (non-hydrogen) atoms. The number of hydrogen-bond donors (Lipinski definition) is 1. The topological polar surface area (TPSA) is 38.3 Å². The Labute approximate surface area is 83.8 Å². The molecule has 0 saturated carbocycles. The number of halogens is 3. The fourth-order valence-corrected chi connectivity index (χ4v) is 0.791. The smallest absolute Gasteiger partial charge is 0.456 e. The van der Waals surface area contributed by atoms with Crippen LogP contribution in [0.5, 0.6) is 0 Å². The molecule has 0 amide bonds. The summed E-state index contributed by atoms with van der Waals surface area (Å²) in [7, 11) is 0. The molecule has 0 spiro atoms. The number of nitrogens with one attached hydrogen (secondary N) is 1. The molecule has 0 bridgehead atoms. The molecule has 0 rings (SSSR count). The molecule has 0 radical (unpaired) electrons. The van der Waals surface area contributed by atoms with E-state index in [9.17, 15) is 18.0 Å². The van der Waals surface area contributed by atoms with Crippen LogP contribution in [-0.4, -0.2) is 24.6 Å². The van der Waals surface area contributed by atoms with E-state index in [2.05, 4.69) is 11.3 Å². The first kappa shape index (κ1) is 13.3. The summed E-state index contributed by atoms with van der Waals surface area (Å²) in [5.41, 5.74) is -4.10. The Bertz CT molecular complexity index is 217. The molecular formula is C7H10F3NO2S. The fraction of sp³-hybridized carbons (Fsp3) is 0.571. The minimum atomic E-state index is -4.32. The van der Waals surface area contributed by atoms with Gasteiger partial charge in [-0.15, -0.1) is 0 Å². The van der Waals surface area contributed by atoms with Crippen LogP contribution in [0, 0.1) is 0 Å². The highest BCUT2D eigenvalue weighted by Gasteiger charge is 2.28. The van der Waals surface area contributed by atoms with E-state index in [1.165, 1.54) is 6.92 Å². The van der Waals surface area contributed by atoms with Crippen molar-refractivity contribution in [3.63, 3.8) is 0 Å². The number of carbonyl (C=O) groups excluding carboxylic acids is 1. The predicted molar refractivity (Wildman–Crippen MR) is 47.4 cm³/mol. The lowest BCUT2D eigenvalue weighted by Crippen LogP contribution is -2.19. The summed E-state index contributed by atoms with van der Waals surface area (Å²) in [5, 5.41) is 0. The lowest BCUT2D eigenvalue weighted by molar-refractivity contribution is -0.138. The van der Waals surface area contributed by atoms with Gasteiger partial charge < -0.3 is 4.74 Å². The average molecular weight is 229 g/mol. The third-order valence-corrected chi connectivity index (χ3v) is 1.55. The second-order valence-electron chi connectivity index (χ2n) is 2.36. The Morgan fingerprint density at radius 2 is 2.14 bits per heavy atom. The number of carbonyl (C=O) groups is 1. The molecule has 0 aliphatic heterocycles. The van der Waals surface area contributed by atoms with Gasteiger partial charge in [-0.25, -0.2) is 4.79 Å². The largest absolute Gasteiger partial charge is 0.461 e. The molecule has 7 heteroatoms. The maximum Gasteiger partial charge on any atom is 0.456 e. The standard InChI is InChI=1S/C7H10F3NO2S/c1-5(2)6(12)13-4-3-11-14-7(8,9)10/h11H,1,3-4H2,2H3. The molecule has 0 aliphatic carbocycles. The normalized spacial score (nSPS) is 11.1. The van der Waals surface area contributed by atoms with Gasteiger partial charge in [-0.05, 0) is 6.92 Å². The second kappa shape index (κ2) is 5.92. The third-order valence-electron chi connectivity index (χ3n) is 0.974. The Hall–Kier alpha value is -0.690. The quantitative estimate of drug-likeness (QED) is 0.338. The number of esters is 1. The number of ether oxygens (including phenoxy) is 1. The van der Waals surface area contributed by atoms with Crippen molar-refractivity contribution in [2.75, 3.05) is 13.2 Å². The van der Waals surface area contributed by atoms with Crippen LogP contribution in [-0.2, 0) is 9.53 Å². The monoisotopic (exact) mass is 229 g/mol. The highest BCUT2D eigenvalue weighted by Crippen LogP contribution is 2.26. The molecule has 0 aromatic rings. The summed E-state index contributed by atoms with van der Waals surface area (Å²) in [6, 6.07) is 0. The Balaban J connectivity index is 3.39. The van der Waals surface area contributed by atoms with Gasteiger partial charge in [0.25, 0.3) is 0 Å². The van der Waals surface area contributed by atoms with Gasteiger partial charge in [0.15, 0.2) is 0 Å². The first-order valence-corrected chi connectivity index (χ1v) is 4.45. The predicted octanol–water partition coefficient (Wildman–Crippen LogP) is 1.86. The summed E-state index contributed by atoms with van der Waals surface area (Å²) < 4.78 is 41.2. The van der Waals surface area contributed by atoms with Crippen molar-refractivity contribution in [3.8, 4) is 0 Å². The Kier molecular flexibility index (Phi) is 5.63. The lowest BCUT2D eigenvalue weighted by Gasteiger charge is -2.07. The maximum atomic E-state index is 11.5. The molecule has 0 aromatic heterocycles. The van der Waals surface area contributed by atoms with Crippen molar-refractivity contribution in [2.45, 2.75) is 12.4 Å². The Morgan fingerprint density at radius 3 is 2.57 bits per heavy atom. The van der Waals surface area contributed by atoms with Gasteiger partial charge in [0, 0.05) is 24.1 Å². The fourth-order valence-electron chi connectivity index (χ4n) is 0.441. The second-order valence-corrected chi connectivity index (χ2v) is 3.31. The van der Waals surface area contributed by atoms with E-state index in [1.807, 2.05) is 4.72 Å². The van der Waals surface area contributed by atoms with Crippen LogP contribution < -0.4 is 4.72 Å². The highest BCUT2D eigenvalue weighted by molar-refractivity contribution is 7.98. The molecule has 0 unspecified atom stereocenters. The molecule has 0 fully saturated rings. The van der Waals surface area contributed by atoms with E-state index in [1.54, 1.807) is 0 Å². The van der Waals surface area contributed by atoms with Crippen molar-refractivity contribution in [1.29, 1.82) is 0 Å². The summed E-state index contributed by atoms with van der Waals surface area (Å²) in [6.45, 7) is 4.59. The SMILES string of the molecule is C=C(C)C(=O)OCCNSC(F)(F)F. The summed E-state index contributed by atoms with van der Waals surface area (Å²) in [4.78, 5) is 10.7. The molecular weight excluding hydrogens is 219 g/mol. The van der Waals surface area contributed by atoms with Crippen molar-refractivity contribution >= 4 is 17.9 Å². The van der Waals surface area contributed by atoms with Crippen molar-refractivity contribution < 1.29 is 22.7 Å². The minimum Gasteiger partial charge on any atom is -0.461 e. The van der Waals surface area contributed by atoms with Crippen LogP contribution >= 0.6 is 11.9 Å². The van der Waals surface area contributed by atoms with Crippen molar-refractivity contribution in [3.05, 3.63) is 12.2 Å². The van der Waals surface area contributed by atoms with Gasteiger partial charge in [0.05, 0.1) is 0 Å². The van der Waals surface area contributed by atoms with Crippen molar-refractivity contribution in [2.24, 2.45) is 0 Å². The zero-order valence-corrected chi connectivity index (χ0v) is 8.30. The maximum absolute atomic E-state index is 11.5. The number of alkyl halides is 3. The minimum absolute atomic E-state index is 0.0663. The zero-order valence-electron chi connectivity index (χ0n) is 7.48. The summed E-state index contributed by atoms with van der Waals surface area (Å²) in [5.74, 6) is -0.608. The number of rotatable bonds is 5. The first-order valence-electron chi connectivity index (χ1n) is 3.63.